The van der Waals surface area contributed by atoms with Crippen molar-refractivity contribution in [2.75, 3.05) is 12.0 Å². The number of benzene rings is 1. The molecule has 0 spiro atoms. The van der Waals surface area contributed by atoms with Gasteiger partial charge in [-0.25, -0.2) is 4.90 Å². The number of para-hydroxylation sites is 2. The fourth-order valence-corrected chi connectivity index (χ4v) is 3.94. The molecule has 0 saturated carbocycles. The van der Waals surface area contributed by atoms with Crippen LogP contribution in [-0.2, 0) is 9.59 Å². The topological polar surface area (TPSA) is 76.5 Å². The van der Waals surface area contributed by atoms with Gasteiger partial charge in [-0.15, -0.1) is 0 Å². The lowest BCUT2D eigenvalue weighted by molar-refractivity contribution is -0.122. The highest BCUT2D eigenvalue weighted by Crippen LogP contribution is 2.31. The van der Waals surface area contributed by atoms with Crippen molar-refractivity contribution >= 4 is 40.9 Å². The number of nitrogens with one attached hydrogen (secondary N) is 1. The number of rotatable bonds is 4. The number of aromatic nitrogens is 2. The number of hydrogen-bond acceptors (Lipinski definition) is 5. The zero-order valence-electron chi connectivity index (χ0n) is 17.2. The molecule has 1 N–H and O–H groups in total. The third-order valence-electron chi connectivity index (χ3n) is 5.12. The Bertz CT molecular complexity index is 1230. The first-order valence-electron chi connectivity index (χ1n) is 9.56. The molecule has 0 radical (unpaired) electrons. The highest BCUT2D eigenvalue weighted by molar-refractivity contribution is 7.80. The summed E-state index contributed by atoms with van der Waals surface area (Å²) in [5, 5.41) is 2.62. The van der Waals surface area contributed by atoms with Gasteiger partial charge < -0.3 is 9.30 Å². The van der Waals surface area contributed by atoms with Crippen molar-refractivity contribution < 1.29 is 14.3 Å². The number of thiocarbonyl (C=S) groups is 1. The molecule has 4 rings (SSSR count). The molecule has 0 unspecified atom stereocenters. The third-order valence-corrected chi connectivity index (χ3v) is 5.40. The predicted octanol–water partition coefficient (Wildman–Crippen LogP) is 3.33. The second-order valence-electron chi connectivity index (χ2n) is 7.00. The number of hydrogen-bond donors (Lipinski definition) is 1. The zero-order chi connectivity index (χ0) is 22.1. The molecule has 0 aliphatic carbocycles. The van der Waals surface area contributed by atoms with E-state index in [0.717, 1.165) is 22.6 Å². The van der Waals surface area contributed by atoms with Crippen LogP contribution in [0.3, 0.4) is 0 Å². The summed E-state index contributed by atoms with van der Waals surface area (Å²) >= 11 is 5.28. The normalized spacial score (nSPS) is 15.4. The number of aryl methyl sites for hydroxylation is 1. The summed E-state index contributed by atoms with van der Waals surface area (Å²) in [7, 11) is 1.51. The molecule has 3 heterocycles. The summed E-state index contributed by atoms with van der Waals surface area (Å²) in [6.07, 6.45) is 5.04. The second-order valence-corrected chi connectivity index (χ2v) is 7.38. The average Bonchev–Trinajstić information content (AvgIpc) is 3.04. The van der Waals surface area contributed by atoms with E-state index >= 15 is 0 Å². The van der Waals surface area contributed by atoms with Gasteiger partial charge in [0, 0.05) is 29.5 Å². The minimum Gasteiger partial charge on any atom is -0.495 e. The van der Waals surface area contributed by atoms with Gasteiger partial charge in [-0.3, -0.25) is 19.9 Å². The van der Waals surface area contributed by atoms with Crippen molar-refractivity contribution in [2.45, 2.75) is 13.8 Å². The van der Waals surface area contributed by atoms with Gasteiger partial charge in [0.15, 0.2) is 5.11 Å². The first kappa shape index (κ1) is 20.5. The van der Waals surface area contributed by atoms with E-state index < -0.39 is 11.8 Å². The molecule has 156 valence electrons. The lowest BCUT2D eigenvalue weighted by Crippen LogP contribution is -2.54. The first-order valence-corrected chi connectivity index (χ1v) is 9.97. The van der Waals surface area contributed by atoms with Crippen molar-refractivity contribution in [1.82, 2.24) is 14.9 Å². The second kappa shape index (κ2) is 8.16. The lowest BCUT2D eigenvalue weighted by Gasteiger charge is -2.29. The molecular weight excluding hydrogens is 412 g/mol. The van der Waals surface area contributed by atoms with Crippen LogP contribution < -0.4 is 15.0 Å². The first-order chi connectivity index (χ1) is 14.9. The minimum absolute atomic E-state index is 0.00511. The van der Waals surface area contributed by atoms with E-state index in [9.17, 15) is 9.59 Å². The number of ether oxygens (including phenoxy) is 1. The van der Waals surface area contributed by atoms with E-state index in [1.165, 1.54) is 12.0 Å². The smallest absolute Gasteiger partial charge is 0.270 e. The Morgan fingerprint density at radius 2 is 1.81 bits per heavy atom. The Morgan fingerprint density at radius 1 is 1.10 bits per heavy atom. The molecule has 1 saturated heterocycles. The molecule has 1 aliphatic rings. The SMILES string of the molecule is COc1ccccc1N1C(=O)C(=Cc2cc(C)n(-c3ccncc3)c2C)C(=O)NC1=S. The maximum Gasteiger partial charge on any atom is 0.270 e. The van der Waals surface area contributed by atoms with Gasteiger partial charge in [-0.05, 0) is 68.0 Å². The number of amides is 2. The Hall–Kier alpha value is -3.78. The standard InChI is InChI=1S/C23H20N4O3S/c1-14-12-16(15(2)26(14)17-8-10-24-11-9-17)13-18-21(28)25-23(31)27(22(18)29)19-6-4-5-7-20(19)30-3/h4-13H,1-3H3,(H,25,28,31). The summed E-state index contributed by atoms with van der Waals surface area (Å²) in [4.78, 5) is 31.3. The molecule has 8 heteroatoms. The molecule has 1 aromatic carbocycles. The van der Waals surface area contributed by atoms with Crippen LogP contribution >= 0.6 is 12.2 Å². The summed E-state index contributed by atoms with van der Waals surface area (Å²) in [5.74, 6) is -0.564. The Balaban J connectivity index is 1.78. The molecule has 2 amide bonds. The maximum atomic E-state index is 13.3. The molecule has 0 bridgehead atoms. The molecular formula is C23H20N4O3S. The van der Waals surface area contributed by atoms with Gasteiger partial charge in [0.25, 0.3) is 11.8 Å². The monoisotopic (exact) mass is 432 g/mol. The highest BCUT2D eigenvalue weighted by atomic mass is 32.1. The van der Waals surface area contributed by atoms with Crippen molar-refractivity contribution in [1.29, 1.82) is 0 Å². The van der Waals surface area contributed by atoms with Crippen molar-refractivity contribution in [3.63, 3.8) is 0 Å². The van der Waals surface area contributed by atoms with Crippen LogP contribution in [0.15, 0.2) is 60.4 Å². The molecule has 7 nitrogen and oxygen atoms in total. The van der Waals surface area contributed by atoms with Gasteiger partial charge in [-0.1, -0.05) is 12.1 Å². The molecule has 3 aromatic rings. The minimum atomic E-state index is -0.533. The van der Waals surface area contributed by atoms with E-state index in [0.29, 0.717) is 11.4 Å². The third kappa shape index (κ3) is 3.62. The van der Waals surface area contributed by atoms with E-state index in [1.54, 1.807) is 42.7 Å². The van der Waals surface area contributed by atoms with E-state index in [1.807, 2.05) is 36.6 Å². The van der Waals surface area contributed by atoms with Crippen molar-refractivity contribution in [3.05, 3.63) is 77.4 Å². The zero-order valence-corrected chi connectivity index (χ0v) is 18.1. The van der Waals surface area contributed by atoms with Crippen LogP contribution in [0.1, 0.15) is 17.0 Å². The summed E-state index contributed by atoms with van der Waals surface area (Å²) in [5.41, 5.74) is 4.04. The number of carbonyl (C=O) groups excluding carboxylic acids is 2. The van der Waals surface area contributed by atoms with E-state index in [2.05, 4.69) is 10.3 Å². The van der Waals surface area contributed by atoms with Gasteiger partial charge in [-0.2, -0.15) is 0 Å². The summed E-state index contributed by atoms with van der Waals surface area (Å²) in [6.45, 7) is 3.90. The predicted molar refractivity (Wildman–Crippen MR) is 122 cm³/mol. The molecule has 1 fully saturated rings. The lowest BCUT2D eigenvalue weighted by atomic mass is 10.1. The average molecular weight is 433 g/mol. The molecule has 0 atom stereocenters. The number of pyridine rings is 1. The fourth-order valence-electron chi connectivity index (χ4n) is 3.67. The quantitative estimate of drug-likeness (QED) is 0.389. The van der Waals surface area contributed by atoms with Gasteiger partial charge in [0.1, 0.15) is 11.3 Å². The van der Waals surface area contributed by atoms with Crippen molar-refractivity contribution in [2.24, 2.45) is 0 Å². The van der Waals surface area contributed by atoms with Gasteiger partial charge >= 0.3 is 0 Å². The number of anilines is 1. The number of carbonyl (C=O) groups is 2. The molecule has 2 aromatic heterocycles. The van der Waals surface area contributed by atoms with Crippen LogP contribution in [0.25, 0.3) is 11.8 Å². The van der Waals surface area contributed by atoms with Crippen LogP contribution in [0.4, 0.5) is 5.69 Å². The van der Waals surface area contributed by atoms with Crippen LogP contribution in [0.2, 0.25) is 0 Å². The Kier molecular flexibility index (Phi) is 5.39. The number of nitrogens with zero attached hydrogens (tertiary/aromatic N) is 3. The van der Waals surface area contributed by atoms with Crippen molar-refractivity contribution in [3.8, 4) is 11.4 Å². The van der Waals surface area contributed by atoms with Gasteiger partial charge in [0.2, 0.25) is 0 Å². The van der Waals surface area contributed by atoms with Crippen LogP contribution in [0.5, 0.6) is 5.75 Å². The molecule has 1 aliphatic heterocycles. The van der Waals surface area contributed by atoms with E-state index in [4.69, 9.17) is 17.0 Å². The Labute approximate surface area is 185 Å². The van der Waals surface area contributed by atoms with Crippen LogP contribution in [-0.4, -0.2) is 33.6 Å². The Morgan fingerprint density at radius 3 is 2.52 bits per heavy atom. The number of methoxy groups -OCH3 is 1. The van der Waals surface area contributed by atoms with E-state index in [-0.39, 0.29) is 10.7 Å². The largest absolute Gasteiger partial charge is 0.495 e. The molecule has 31 heavy (non-hydrogen) atoms. The fraction of sp³-hybridized carbons (Fsp3) is 0.130. The van der Waals surface area contributed by atoms with Crippen LogP contribution in [0, 0.1) is 13.8 Å². The summed E-state index contributed by atoms with van der Waals surface area (Å²) < 4.78 is 7.41. The highest BCUT2D eigenvalue weighted by Gasteiger charge is 2.36. The summed E-state index contributed by atoms with van der Waals surface area (Å²) in [6, 6.07) is 12.7. The maximum absolute atomic E-state index is 13.3. The van der Waals surface area contributed by atoms with Gasteiger partial charge in [0.05, 0.1) is 12.8 Å².